The molecule has 3 aliphatic heterocycles. The summed E-state index contributed by atoms with van der Waals surface area (Å²) in [5.41, 5.74) is 5.60. The molecule has 24 heavy (non-hydrogen) atoms. The van der Waals surface area contributed by atoms with E-state index in [0.717, 1.165) is 26.1 Å². The Labute approximate surface area is 142 Å². The number of aromatic nitrogens is 1. The molecule has 0 radical (unpaired) electrons. The predicted molar refractivity (Wildman–Crippen MR) is 93.8 cm³/mol. The van der Waals surface area contributed by atoms with E-state index < -0.39 is 0 Å². The van der Waals surface area contributed by atoms with Gasteiger partial charge in [-0.3, -0.25) is 4.90 Å². The molecule has 1 fully saturated rings. The molecule has 3 unspecified atom stereocenters. The van der Waals surface area contributed by atoms with Gasteiger partial charge in [-0.1, -0.05) is 18.2 Å². The summed E-state index contributed by atoms with van der Waals surface area (Å²) in [6, 6.07) is 9.24. The molecule has 1 aromatic carbocycles. The molecule has 0 aliphatic carbocycles. The van der Waals surface area contributed by atoms with Crippen LogP contribution in [0.4, 0.5) is 0 Å². The van der Waals surface area contributed by atoms with E-state index in [1.807, 2.05) is 6.26 Å². The standard InChI is InChI=1S/C20H24N2O2/c1-23-10-14-12-24-11-13-9-22-7-6-16-15-4-2-3-5-18(15)21-20(16)19(22)8-17(13)14/h2-5,12-13,17,19,21H,6-11H2,1H3. The smallest absolute Gasteiger partial charge is 0.0919 e. The van der Waals surface area contributed by atoms with Gasteiger partial charge in [0, 0.05) is 42.7 Å². The maximum Gasteiger partial charge on any atom is 0.0919 e. The molecule has 4 heteroatoms. The van der Waals surface area contributed by atoms with Crippen LogP contribution >= 0.6 is 0 Å². The Morgan fingerprint density at radius 3 is 3.17 bits per heavy atom. The molecule has 0 saturated carbocycles. The molecule has 3 aliphatic rings. The van der Waals surface area contributed by atoms with Gasteiger partial charge in [-0.25, -0.2) is 0 Å². The summed E-state index contributed by atoms with van der Waals surface area (Å²) in [5.74, 6) is 1.18. The van der Waals surface area contributed by atoms with Crippen LogP contribution in [0.1, 0.15) is 23.7 Å². The van der Waals surface area contributed by atoms with E-state index >= 15 is 0 Å². The van der Waals surface area contributed by atoms with E-state index in [0.29, 0.717) is 24.5 Å². The maximum absolute atomic E-state index is 5.72. The third-order valence-corrected chi connectivity index (χ3v) is 6.12. The summed E-state index contributed by atoms with van der Waals surface area (Å²) in [6.45, 7) is 3.82. The van der Waals surface area contributed by atoms with Gasteiger partial charge in [-0.05, 0) is 36.0 Å². The van der Waals surface area contributed by atoms with Crippen LogP contribution in [-0.2, 0) is 15.9 Å². The van der Waals surface area contributed by atoms with Crippen molar-refractivity contribution >= 4 is 10.9 Å². The van der Waals surface area contributed by atoms with Gasteiger partial charge in [0.15, 0.2) is 0 Å². The second-order valence-electron chi connectivity index (χ2n) is 7.38. The minimum Gasteiger partial charge on any atom is -0.501 e. The van der Waals surface area contributed by atoms with Crippen LogP contribution in [0.25, 0.3) is 10.9 Å². The number of H-pyrrole nitrogens is 1. The highest BCUT2D eigenvalue weighted by atomic mass is 16.5. The first kappa shape index (κ1) is 14.6. The van der Waals surface area contributed by atoms with E-state index in [2.05, 4.69) is 34.1 Å². The number of para-hydroxylation sites is 1. The molecule has 0 amide bonds. The summed E-state index contributed by atoms with van der Waals surface area (Å²) in [4.78, 5) is 6.40. The quantitative estimate of drug-likeness (QED) is 0.921. The van der Waals surface area contributed by atoms with Crippen LogP contribution in [0, 0.1) is 11.8 Å². The molecular weight excluding hydrogens is 300 g/mol. The average molecular weight is 324 g/mol. The number of hydrogen-bond donors (Lipinski definition) is 1. The Balaban J connectivity index is 1.53. The fourth-order valence-electron chi connectivity index (χ4n) is 5.01. The first-order valence-electron chi connectivity index (χ1n) is 8.98. The van der Waals surface area contributed by atoms with Crippen LogP contribution in [0.15, 0.2) is 36.1 Å². The van der Waals surface area contributed by atoms with Crippen LogP contribution in [0.3, 0.4) is 0 Å². The van der Waals surface area contributed by atoms with Crippen LogP contribution in [0.2, 0.25) is 0 Å². The Morgan fingerprint density at radius 2 is 2.25 bits per heavy atom. The van der Waals surface area contributed by atoms with Crippen molar-refractivity contribution in [2.24, 2.45) is 11.8 Å². The number of nitrogens with zero attached hydrogens (tertiary/aromatic N) is 1. The summed E-state index contributed by atoms with van der Waals surface area (Å²) >= 11 is 0. The predicted octanol–water partition coefficient (Wildman–Crippen LogP) is 3.26. The van der Waals surface area contributed by atoms with Crippen LogP contribution in [0.5, 0.6) is 0 Å². The number of piperidine rings is 1. The molecule has 4 nitrogen and oxygen atoms in total. The number of fused-ring (bicyclic) bond motifs is 6. The molecule has 0 bridgehead atoms. The first-order valence-corrected chi connectivity index (χ1v) is 8.98. The molecule has 0 spiro atoms. The third kappa shape index (κ3) is 2.13. The zero-order valence-corrected chi connectivity index (χ0v) is 14.1. The van der Waals surface area contributed by atoms with Crippen molar-refractivity contribution in [3.8, 4) is 0 Å². The van der Waals surface area contributed by atoms with Crippen LogP contribution in [-0.4, -0.2) is 43.3 Å². The van der Waals surface area contributed by atoms with Crippen molar-refractivity contribution in [2.75, 3.05) is 33.4 Å². The second kappa shape index (κ2) is 5.64. The van der Waals surface area contributed by atoms with Gasteiger partial charge in [0.2, 0.25) is 0 Å². The Kier molecular flexibility index (Phi) is 3.42. The number of aromatic amines is 1. The van der Waals surface area contributed by atoms with Gasteiger partial charge in [0.25, 0.3) is 0 Å². The average Bonchev–Trinajstić information content (AvgIpc) is 3.00. The lowest BCUT2D eigenvalue weighted by Gasteiger charge is -2.47. The lowest BCUT2D eigenvalue weighted by Crippen LogP contribution is -2.48. The molecular formula is C20H24N2O2. The van der Waals surface area contributed by atoms with Gasteiger partial charge in [-0.2, -0.15) is 0 Å². The highest BCUT2D eigenvalue weighted by molar-refractivity contribution is 5.85. The second-order valence-corrected chi connectivity index (χ2v) is 7.38. The normalized spacial score (nSPS) is 29.4. The largest absolute Gasteiger partial charge is 0.501 e. The lowest BCUT2D eigenvalue weighted by atomic mass is 9.75. The number of methoxy groups -OCH3 is 1. The van der Waals surface area contributed by atoms with Crippen molar-refractivity contribution in [1.82, 2.24) is 9.88 Å². The summed E-state index contributed by atoms with van der Waals surface area (Å²) in [5, 5.41) is 1.41. The lowest BCUT2D eigenvalue weighted by molar-refractivity contribution is 0.0109. The minimum absolute atomic E-state index is 0.501. The molecule has 1 saturated heterocycles. The van der Waals surface area contributed by atoms with Crippen molar-refractivity contribution in [3.05, 3.63) is 47.4 Å². The summed E-state index contributed by atoms with van der Waals surface area (Å²) in [6.07, 6.45) is 4.27. The van der Waals surface area contributed by atoms with Gasteiger partial charge in [0.05, 0.1) is 25.5 Å². The monoisotopic (exact) mass is 324 g/mol. The fraction of sp³-hybridized carbons (Fsp3) is 0.500. The molecule has 1 aromatic heterocycles. The van der Waals surface area contributed by atoms with Gasteiger partial charge >= 0.3 is 0 Å². The van der Waals surface area contributed by atoms with Crippen molar-refractivity contribution in [2.45, 2.75) is 18.9 Å². The van der Waals surface area contributed by atoms with E-state index in [1.54, 1.807) is 7.11 Å². The number of benzene rings is 1. The number of hydrogen-bond acceptors (Lipinski definition) is 3. The molecule has 126 valence electrons. The molecule has 2 aromatic rings. The Bertz CT molecular complexity index is 794. The summed E-state index contributed by atoms with van der Waals surface area (Å²) in [7, 11) is 1.77. The van der Waals surface area contributed by atoms with Gasteiger partial charge in [-0.15, -0.1) is 0 Å². The fourth-order valence-corrected chi connectivity index (χ4v) is 5.01. The maximum atomic E-state index is 5.72. The van der Waals surface area contributed by atoms with Gasteiger partial charge < -0.3 is 14.5 Å². The van der Waals surface area contributed by atoms with Crippen molar-refractivity contribution in [1.29, 1.82) is 0 Å². The highest BCUT2D eigenvalue weighted by Gasteiger charge is 2.42. The molecule has 5 rings (SSSR count). The van der Waals surface area contributed by atoms with E-state index in [4.69, 9.17) is 9.47 Å². The molecule has 1 N–H and O–H groups in total. The molecule has 4 heterocycles. The van der Waals surface area contributed by atoms with E-state index in [9.17, 15) is 0 Å². The Morgan fingerprint density at radius 1 is 1.33 bits per heavy atom. The van der Waals surface area contributed by atoms with E-state index in [-0.39, 0.29) is 0 Å². The minimum atomic E-state index is 0.501. The zero-order valence-electron chi connectivity index (χ0n) is 14.1. The number of ether oxygens (including phenoxy) is 2. The topological polar surface area (TPSA) is 37.5 Å². The summed E-state index contributed by atoms with van der Waals surface area (Å²) < 4.78 is 11.1. The highest BCUT2D eigenvalue weighted by Crippen LogP contribution is 2.45. The number of nitrogens with one attached hydrogen (secondary N) is 1. The van der Waals surface area contributed by atoms with Crippen molar-refractivity contribution in [3.63, 3.8) is 0 Å². The number of rotatable bonds is 2. The van der Waals surface area contributed by atoms with Gasteiger partial charge in [0.1, 0.15) is 0 Å². The SMILES string of the molecule is COCC1=COCC2CN3CCc4c([nH]c5ccccc45)C3CC12. The van der Waals surface area contributed by atoms with Crippen LogP contribution < -0.4 is 0 Å². The van der Waals surface area contributed by atoms with E-state index in [1.165, 1.54) is 34.2 Å². The Hall–Kier alpha value is -1.78. The third-order valence-electron chi connectivity index (χ3n) is 6.12. The first-order chi connectivity index (χ1) is 11.8. The molecule has 3 atom stereocenters. The van der Waals surface area contributed by atoms with Crippen molar-refractivity contribution < 1.29 is 9.47 Å². The zero-order chi connectivity index (χ0) is 16.1.